The van der Waals surface area contributed by atoms with E-state index in [4.69, 9.17) is 4.43 Å². The lowest BCUT2D eigenvalue weighted by molar-refractivity contribution is -0.144. The van der Waals surface area contributed by atoms with Gasteiger partial charge < -0.3 is 30.0 Å². The van der Waals surface area contributed by atoms with Gasteiger partial charge in [-0.15, -0.1) is 11.3 Å². The van der Waals surface area contributed by atoms with Crippen LogP contribution in [0.25, 0.3) is 10.4 Å². The summed E-state index contributed by atoms with van der Waals surface area (Å²) in [5.41, 5.74) is 3.05. The molecule has 2 aromatic rings. The largest absolute Gasteiger partial charge is 0.412 e. The molecule has 4 aliphatic rings. The molecule has 2 saturated heterocycles. The van der Waals surface area contributed by atoms with Crippen molar-refractivity contribution in [3.8, 4) is 10.4 Å². The number of likely N-dealkylation sites (tertiary alicyclic amines) is 2. The monoisotopic (exact) mass is 829 g/mol. The number of carbonyl (C=O) groups excluding carboxylic acids is 3. The smallest absolute Gasteiger partial charge is 0.258 e. The van der Waals surface area contributed by atoms with E-state index < -0.39 is 43.8 Å². The Morgan fingerprint density at radius 3 is 2.23 bits per heavy atom. The second kappa shape index (κ2) is 16.0. The van der Waals surface area contributed by atoms with E-state index in [1.807, 2.05) is 57.5 Å². The predicted molar refractivity (Wildman–Crippen MR) is 222 cm³/mol. The standard InChI is InChI=1S/C43H65F2N5O5SSi/c1-28-35(56-27-47-28)31-12-10-29(11-13-31)22-46-37(53)33-19-32(55-57(8,9)40(5,6)7)23-50(33)38(54)36(39(2,3)4)48-34(52)18-30-20-41(21-30)14-16-49(17-15-41)25-42(26-51)24-43(42,44)45/h10-13,27,30,32-33,36,51H,14-26H2,1-9H3,(H,46,53)(H,48,52)/t32-,33+,36-,42-/m1/s1. The van der Waals surface area contributed by atoms with Crippen molar-refractivity contribution in [1.82, 2.24) is 25.4 Å². The van der Waals surface area contributed by atoms with E-state index in [0.29, 0.717) is 19.4 Å². The lowest BCUT2D eigenvalue weighted by atomic mass is 9.56. The molecule has 1 aromatic heterocycles. The van der Waals surface area contributed by atoms with Gasteiger partial charge in [0.2, 0.25) is 17.7 Å². The molecular formula is C43H65F2N5O5SSi. The van der Waals surface area contributed by atoms with Crippen LogP contribution in [0.2, 0.25) is 18.1 Å². The van der Waals surface area contributed by atoms with Gasteiger partial charge in [-0.1, -0.05) is 65.8 Å². The molecule has 1 aromatic carbocycles. The minimum absolute atomic E-state index is 0.0534. The summed E-state index contributed by atoms with van der Waals surface area (Å²) in [5, 5.41) is 15.8. The highest BCUT2D eigenvalue weighted by molar-refractivity contribution is 7.13. The number of alkyl halides is 2. The number of benzene rings is 1. The quantitative estimate of drug-likeness (QED) is 0.183. The number of aliphatic hydroxyl groups is 1. The predicted octanol–water partition coefficient (Wildman–Crippen LogP) is 7.16. The summed E-state index contributed by atoms with van der Waals surface area (Å²) in [6, 6.07) is 6.48. The van der Waals surface area contributed by atoms with Gasteiger partial charge in [0.05, 0.1) is 34.2 Å². The fourth-order valence-electron chi connectivity index (χ4n) is 9.03. The van der Waals surface area contributed by atoms with Crippen LogP contribution in [0.3, 0.4) is 0 Å². The molecule has 14 heteroatoms. The van der Waals surface area contributed by atoms with Gasteiger partial charge in [-0.3, -0.25) is 14.4 Å². The molecule has 3 amide bonds. The third-order valence-corrected chi connectivity index (χ3v) is 19.3. The first-order valence-corrected chi connectivity index (χ1v) is 24.5. The summed E-state index contributed by atoms with van der Waals surface area (Å²) in [6.45, 7) is 20.4. The Balaban J connectivity index is 1.07. The highest BCUT2D eigenvalue weighted by atomic mass is 32.1. The summed E-state index contributed by atoms with van der Waals surface area (Å²) in [7, 11) is -2.23. The fourth-order valence-corrected chi connectivity index (χ4v) is 11.2. The number of aliphatic hydroxyl groups excluding tert-OH is 1. The molecule has 3 N–H and O–H groups in total. The number of nitrogens with one attached hydrogen (secondary N) is 2. The van der Waals surface area contributed by atoms with Gasteiger partial charge in [0.25, 0.3) is 5.92 Å². The van der Waals surface area contributed by atoms with Crippen LogP contribution in [0.1, 0.15) is 97.7 Å². The number of piperidine rings is 1. The van der Waals surface area contributed by atoms with Gasteiger partial charge in [-0.05, 0) is 91.7 Å². The molecule has 2 aliphatic carbocycles. The minimum atomic E-state index is -2.78. The highest BCUT2D eigenvalue weighted by Crippen LogP contribution is 2.61. The van der Waals surface area contributed by atoms with E-state index in [9.17, 15) is 28.3 Å². The normalized spacial score (nSPS) is 25.6. The van der Waals surface area contributed by atoms with Crippen molar-refractivity contribution >= 4 is 37.4 Å². The van der Waals surface area contributed by atoms with Crippen molar-refractivity contribution < 1.29 is 32.7 Å². The minimum Gasteiger partial charge on any atom is -0.412 e. The Morgan fingerprint density at radius 1 is 1.07 bits per heavy atom. The van der Waals surface area contributed by atoms with Crippen LogP contribution in [-0.2, 0) is 25.4 Å². The van der Waals surface area contributed by atoms with Crippen LogP contribution >= 0.6 is 11.3 Å². The van der Waals surface area contributed by atoms with Gasteiger partial charge in [-0.25, -0.2) is 13.8 Å². The molecule has 4 fully saturated rings. The summed E-state index contributed by atoms with van der Waals surface area (Å²) in [6.07, 6.45) is 3.74. The molecule has 3 heterocycles. The van der Waals surface area contributed by atoms with E-state index in [0.717, 1.165) is 60.5 Å². The zero-order valence-corrected chi connectivity index (χ0v) is 37.3. The molecule has 4 atom stereocenters. The zero-order chi connectivity index (χ0) is 41.8. The number of aryl methyl sites for hydroxylation is 1. The second-order valence-electron chi connectivity index (χ2n) is 20.4. The first-order chi connectivity index (χ1) is 26.5. The van der Waals surface area contributed by atoms with Gasteiger partial charge in [0.1, 0.15) is 12.1 Å². The van der Waals surface area contributed by atoms with E-state index in [1.165, 1.54) is 0 Å². The number of rotatable bonds is 13. The summed E-state index contributed by atoms with van der Waals surface area (Å²) in [5.74, 6) is -3.28. The van der Waals surface area contributed by atoms with Crippen molar-refractivity contribution in [3.63, 3.8) is 0 Å². The molecule has 6 rings (SSSR count). The second-order valence-corrected chi connectivity index (χ2v) is 26.0. The van der Waals surface area contributed by atoms with Crippen LogP contribution in [0.15, 0.2) is 29.8 Å². The first kappa shape index (κ1) is 43.8. The average Bonchev–Trinajstić information content (AvgIpc) is 3.41. The number of hydrogen-bond acceptors (Lipinski definition) is 8. The maximum atomic E-state index is 14.6. The average molecular weight is 830 g/mol. The van der Waals surface area contributed by atoms with Gasteiger partial charge in [-0.2, -0.15) is 0 Å². The molecule has 10 nitrogen and oxygen atoms in total. The SMILES string of the molecule is Cc1ncsc1-c1ccc(CNC(=O)[C@@H]2C[C@@H](O[Si](C)(C)C(C)(C)C)CN2C(=O)[C@@H](NC(=O)CC2CC3(CCN(C[C@@]4(CO)CC4(F)F)CC3)C2)C(C)(C)C)cc1. The molecule has 1 spiro atoms. The Morgan fingerprint density at radius 2 is 1.70 bits per heavy atom. The van der Waals surface area contributed by atoms with Crippen molar-refractivity contribution in [2.24, 2.45) is 22.2 Å². The Hall–Kier alpha value is -2.78. The van der Waals surface area contributed by atoms with Crippen molar-refractivity contribution in [3.05, 3.63) is 41.0 Å². The lowest BCUT2D eigenvalue weighted by Crippen LogP contribution is -2.58. The van der Waals surface area contributed by atoms with Crippen molar-refractivity contribution in [1.29, 1.82) is 0 Å². The number of thiazole rings is 1. The molecule has 57 heavy (non-hydrogen) atoms. The molecule has 0 unspecified atom stereocenters. The maximum absolute atomic E-state index is 14.6. The summed E-state index contributed by atoms with van der Waals surface area (Å²) >= 11 is 1.60. The van der Waals surface area contributed by atoms with Crippen LogP contribution in [0, 0.1) is 29.1 Å². The third kappa shape index (κ3) is 9.50. The number of aromatic nitrogens is 1. The van der Waals surface area contributed by atoms with Crippen LogP contribution in [-0.4, -0.2) is 103 Å². The van der Waals surface area contributed by atoms with Crippen LogP contribution in [0.4, 0.5) is 8.78 Å². The molecule has 2 saturated carbocycles. The number of amides is 3. The zero-order valence-electron chi connectivity index (χ0n) is 35.5. The Bertz CT molecular complexity index is 1780. The highest BCUT2D eigenvalue weighted by Gasteiger charge is 2.71. The van der Waals surface area contributed by atoms with Crippen LogP contribution in [0.5, 0.6) is 0 Å². The summed E-state index contributed by atoms with van der Waals surface area (Å²) in [4.78, 5) is 51.5. The molecule has 0 radical (unpaired) electrons. The third-order valence-electron chi connectivity index (χ3n) is 13.8. The topological polar surface area (TPSA) is 124 Å². The maximum Gasteiger partial charge on any atom is 0.258 e. The van der Waals surface area contributed by atoms with Crippen molar-refractivity contribution in [2.45, 2.75) is 142 Å². The van der Waals surface area contributed by atoms with Gasteiger partial charge in [0.15, 0.2) is 8.32 Å². The summed E-state index contributed by atoms with van der Waals surface area (Å²) < 4.78 is 34.7. The van der Waals surface area contributed by atoms with Crippen LogP contribution < -0.4 is 10.6 Å². The first-order valence-electron chi connectivity index (χ1n) is 20.7. The number of nitrogens with zero attached hydrogens (tertiary/aromatic N) is 3. The molecule has 2 aliphatic heterocycles. The number of halogens is 2. The van der Waals surface area contributed by atoms with E-state index in [2.05, 4.69) is 54.4 Å². The number of carbonyl (C=O) groups is 3. The van der Waals surface area contributed by atoms with E-state index in [1.54, 1.807) is 16.2 Å². The molecular weight excluding hydrogens is 765 g/mol. The van der Waals surface area contributed by atoms with E-state index in [-0.39, 0.29) is 59.7 Å². The Kier molecular flexibility index (Phi) is 12.3. The lowest BCUT2D eigenvalue weighted by Gasteiger charge is -2.52. The fraction of sp³-hybridized carbons (Fsp3) is 0.721. The van der Waals surface area contributed by atoms with Crippen molar-refractivity contribution in [2.75, 3.05) is 32.8 Å². The van der Waals surface area contributed by atoms with Gasteiger partial charge >= 0.3 is 0 Å². The molecule has 0 bridgehead atoms. The Labute approximate surface area is 343 Å². The molecule has 316 valence electrons. The number of hydrogen-bond donors (Lipinski definition) is 3. The van der Waals surface area contributed by atoms with Gasteiger partial charge in [0, 0.05) is 38.9 Å². The van der Waals surface area contributed by atoms with E-state index >= 15 is 0 Å².